The zero-order chi connectivity index (χ0) is 19.9. The second-order valence-electron chi connectivity index (χ2n) is 7.65. The van der Waals surface area contributed by atoms with Gasteiger partial charge in [-0.3, -0.25) is 9.69 Å². The van der Waals surface area contributed by atoms with Crippen molar-refractivity contribution < 1.29 is 9.53 Å². The molecule has 0 radical (unpaired) electrons. The van der Waals surface area contributed by atoms with Gasteiger partial charge in [-0.05, 0) is 56.5 Å². The molecule has 0 saturated carbocycles. The molecule has 0 unspecified atom stereocenters. The molecule has 2 atom stereocenters. The molecule has 0 aliphatic carbocycles. The van der Waals surface area contributed by atoms with Gasteiger partial charge in [0.15, 0.2) is 0 Å². The van der Waals surface area contributed by atoms with E-state index in [1.165, 1.54) is 0 Å². The first-order chi connectivity index (χ1) is 13.5. The standard InChI is InChI=1S/C23H29ClN2O2/c1-17-8-3-6-12-22(17)28-16-18(2)25-23(27)20-10-7-13-26(15-20)14-19-9-4-5-11-21(19)24/h3-6,8-9,11-12,18,20H,7,10,13-16H2,1-2H3,(H,25,27)/t18-,20+/m1/s1. The summed E-state index contributed by atoms with van der Waals surface area (Å²) in [7, 11) is 0. The number of piperidine rings is 1. The fourth-order valence-electron chi connectivity index (χ4n) is 3.62. The molecule has 0 spiro atoms. The number of rotatable bonds is 7. The minimum atomic E-state index is -0.0361. The van der Waals surface area contributed by atoms with Gasteiger partial charge in [-0.2, -0.15) is 0 Å². The SMILES string of the molecule is Cc1ccccc1OC[C@@H](C)NC(=O)[C@H]1CCCN(Cc2ccccc2Cl)C1. The van der Waals surface area contributed by atoms with E-state index in [9.17, 15) is 4.79 Å². The Balaban J connectivity index is 1.48. The first-order valence-corrected chi connectivity index (χ1v) is 10.4. The molecule has 1 N–H and O–H groups in total. The molecular formula is C23H29ClN2O2. The number of carbonyl (C=O) groups is 1. The van der Waals surface area contributed by atoms with Crippen molar-refractivity contribution in [1.82, 2.24) is 10.2 Å². The lowest BCUT2D eigenvalue weighted by atomic mass is 9.96. The number of halogens is 1. The van der Waals surface area contributed by atoms with Crippen LogP contribution in [-0.2, 0) is 11.3 Å². The van der Waals surface area contributed by atoms with E-state index < -0.39 is 0 Å². The van der Waals surface area contributed by atoms with Crippen LogP contribution in [0.25, 0.3) is 0 Å². The van der Waals surface area contributed by atoms with E-state index in [4.69, 9.17) is 16.3 Å². The quantitative estimate of drug-likeness (QED) is 0.746. The lowest BCUT2D eigenvalue weighted by Gasteiger charge is -2.32. The van der Waals surface area contributed by atoms with Crippen LogP contribution in [0.3, 0.4) is 0 Å². The third-order valence-corrected chi connectivity index (χ3v) is 5.57. The van der Waals surface area contributed by atoms with Gasteiger partial charge in [-0.1, -0.05) is 48.0 Å². The molecule has 2 aromatic carbocycles. The van der Waals surface area contributed by atoms with E-state index in [0.717, 1.165) is 54.4 Å². The van der Waals surface area contributed by atoms with Gasteiger partial charge in [0.1, 0.15) is 12.4 Å². The molecule has 4 nitrogen and oxygen atoms in total. The van der Waals surface area contributed by atoms with Crippen LogP contribution in [0, 0.1) is 12.8 Å². The molecule has 1 saturated heterocycles. The first kappa shape index (κ1) is 20.7. The number of amides is 1. The Morgan fingerprint density at radius 2 is 2.00 bits per heavy atom. The largest absolute Gasteiger partial charge is 0.491 e. The fraction of sp³-hybridized carbons (Fsp3) is 0.435. The second-order valence-corrected chi connectivity index (χ2v) is 8.06. The topological polar surface area (TPSA) is 41.6 Å². The van der Waals surface area contributed by atoms with Gasteiger partial charge in [-0.15, -0.1) is 0 Å². The van der Waals surface area contributed by atoms with Gasteiger partial charge in [-0.25, -0.2) is 0 Å². The zero-order valence-electron chi connectivity index (χ0n) is 16.7. The predicted molar refractivity (Wildman–Crippen MR) is 114 cm³/mol. The number of nitrogens with one attached hydrogen (secondary N) is 1. The number of hydrogen-bond acceptors (Lipinski definition) is 3. The predicted octanol–water partition coefficient (Wildman–Crippen LogP) is 4.44. The molecule has 1 amide bonds. The molecule has 1 aliphatic rings. The summed E-state index contributed by atoms with van der Waals surface area (Å²) in [6.45, 7) is 7.03. The smallest absolute Gasteiger partial charge is 0.224 e. The third-order valence-electron chi connectivity index (χ3n) is 5.20. The molecule has 2 aromatic rings. The molecule has 150 valence electrons. The highest BCUT2D eigenvalue weighted by atomic mass is 35.5. The summed E-state index contributed by atoms with van der Waals surface area (Å²) < 4.78 is 5.86. The number of benzene rings is 2. The minimum absolute atomic E-state index is 0.0112. The Morgan fingerprint density at radius 3 is 2.79 bits per heavy atom. The number of hydrogen-bond donors (Lipinski definition) is 1. The number of carbonyl (C=O) groups excluding carboxylic acids is 1. The number of aryl methyl sites for hydroxylation is 1. The van der Waals surface area contributed by atoms with Crippen LogP contribution in [0.5, 0.6) is 5.75 Å². The van der Waals surface area contributed by atoms with Gasteiger partial charge < -0.3 is 10.1 Å². The Bertz CT molecular complexity index is 796. The van der Waals surface area contributed by atoms with Crippen LogP contribution >= 0.6 is 11.6 Å². The van der Waals surface area contributed by atoms with E-state index in [1.54, 1.807) is 0 Å². The number of likely N-dealkylation sites (tertiary alicyclic amines) is 1. The lowest BCUT2D eigenvalue weighted by Crippen LogP contribution is -2.46. The minimum Gasteiger partial charge on any atom is -0.491 e. The van der Waals surface area contributed by atoms with E-state index in [0.29, 0.717) is 6.61 Å². The number of nitrogens with zero attached hydrogens (tertiary/aromatic N) is 1. The molecule has 1 aliphatic heterocycles. The van der Waals surface area contributed by atoms with Gasteiger partial charge in [0.2, 0.25) is 5.91 Å². The summed E-state index contributed by atoms with van der Waals surface area (Å²) in [6.07, 6.45) is 1.95. The third kappa shape index (κ3) is 5.73. The maximum Gasteiger partial charge on any atom is 0.224 e. The summed E-state index contributed by atoms with van der Waals surface area (Å²) in [5.41, 5.74) is 2.22. The van der Waals surface area contributed by atoms with Crippen LogP contribution in [0.15, 0.2) is 48.5 Å². The average molecular weight is 401 g/mol. The Hall–Kier alpha value is -2.04. The van der Waals surface area contributed by atoms with Gasteiger partial charge in [0, 0.05) is 18.1 Å². The molecule has 5 heteroatoms. The summed E-state index contributed by atoms with van der Waals surface area (Å²) in [6, 6.07) is 15.8. The molecule has 28 heavy (non-hydrogen) atoms. The van der Waals surface area contributed by atoms with Crippen molar-refractivity contribution >= 4 is 17.5 Å². The highest BCUT2D eigenvalue weighted by Gasteiger charge is 2.27. The molecular weight excluding hydrogens is 372 g/mol. The fourth-order valence-corrected chi connectivity index (χ4v) is 3.81. The molecule has 1 fully saturated rings. The van der Waals surface area contributed by atoms with E-state index in [-0.39, 0.29) is 17.9 Å². The number of para-hydroxylation sites is 1. The maximum atomic E-state index is 12.7. The molecule has 0 bridgehead atoms. The summed E-state index contributed by atoms with van der Waals surface area (Å²) in [4.78, 5) is 15.1. The summed E-state index contributed by atoms with van der Waals surface area (Å²) >= 11 is 6.29. The van der Waals surface area contributed by atoms with Crippen molar-refractivity contribution in [2.45, 2.75) is 39.3 Å². The molecule has 3 rings (SSSR count). The average Bonchev–Trinajstić information content (AvgIpc) is 2.69. The highest BCUT2D eigenvalue weighted by Crippen LogP contribution is 2.22. The van der Waals surface area contributed by atoms with Crippen LogP contribution in [-0.4, -0.2) is 36.5 Å². The van der Waals surface area contributed by atoms with Crippen molar-refractivity contribution in [1.29, 1.82) is 0 Å². The van der Waals surface area contributed by atoms with Crippen molar-refractivity contribution in [3.8, 4) is 5.75 Å². The van der Waals surface area contributed by atoms with Crippen molar-refractivity contribution in [3.63, 3.8) is 0 Å². The lowest BCUT2D eigenvalue weighted by molar-refractivity contribution is -0.127. The van der Waals surface area contributed by atoms with Gasteiger partial charge in [0.05, 0.1) is 12.0 Å². The summed E-state index contributed by atoms with van der Waals surface area (Å²) in [5, 5.41) is 3.91. The Morgan fingerprint density at radius 1 is 1.25 bits per heavy atom. The van der Waals surface area contributed by atoms with Crippen LogP contribution in [0.2, 0.25) is 5.02 Å². The zero-order valence-corrected chi connectivity index (χ0v) is 17.4. The highest BCUT2D eigenvalue weighted by molar-refractivity contribution is 6.31. The van der Waals surface area contributed by atoms with Gasteiger partial charge >= 0.3 is 0 Å². The van der Waals surface area contributed by atoms with E-state index in [2.05, 4.69) is 16.3 Å². The van der Waals surface area contributed by atoms with Crippen molar-refractivity contribution in [2.75, 3.05) is 19.7 Å². The van der Waals surface area contributed by atoms with E-state index >= 15 is 0 Å². The molecule has 1 heterocycles. The number of ether oxygens (including phenoxy) is 1. The van der Waals surface area contributed by atoms with Crippen molar-refractivity contribution in [3.05, 3.63) is 64.7 Å². The van der Waals surface area contributed by atoms with E-state index in [1.807, 2.05) is 56.3 Å². The monoisotopic (exact) mass is 400 g/mol. The Labute approximate surface area is 172 Å². The normalized spacial score (nSPS) is 18.5. The van der Waals surface area contributed by atoms with Crippen LogP contribution in [0.1, 0.15) is 30.9 Å². The molecule has 0 aromatic heterocycles. The van der Waals surface area contributed by atoms with Crippen LogP contribution in [0.4, 0.5) is 0 Å². The Kier molecular flexibility index (Phi) is 7.35. The van der Waals surface area contributed by atoms with Gasteiger partial charge in [0.25, 0.3) is 0 Å². The first-order valence-electron chi connectivity index (χ1n) is 9.97. The van der Waals surface area contributed by atoms with Crippen molar-refractivity contribution in [2.24, 2.45) is 5.92 Å². The van der Waals surface area contributed by atoms with Crippen LogP contribution < -0.4 is 10.1 Å². The second kappa shape index (κ2) is 9.94. The summed E-state index contributed by atoms with van der Waals surface area (Å²) in [5.74, 6) is 0.995. The maximum absolute atomic E-state index is 12.7.